The van der Waals surface area contributed by atoms with Crippen molar-refractivity contribution < 1.29 is 24.4 Å². The molecule has 3 aliphatic rings. The van der Waals surface area contributed by atoms with E-state index in [1.165, 1.54) is 11.0 Å². The lowest BCUT2D eigenvalue weighted by atomic mass is 9.58. The van der Waals surface area contributed by atoms with Crippen LogP contribution in [0.4, 0.5) is 5.69 Å². The van der Waals surface area contributed by atoms with Crippen molar-refractivity contribution in [3.63, 3.8) is 0 Å². The van der Waals surface area contributed by atoms with Crippen molar-refractivity contribution in [2.24, 2.45) is 17.8 Å². The molecule has 3 aromatic rings. The van der Waals surface area contributed by atoms with Gasteiger partial charge in [0.1, 0.15) is 5.75 Å². The summed E-state index contributed by atoms with van der Waals surface area (Å²) in [6, 6.07) is 24.1. The number of carbonyl (C=O) groups excluding carboxylic acids is 2. The van der Waals surface area contributed by atoms with Crippen molar-refractivity contribution >= 4 is 47.9 Å². The molecule has 2 saturated heterocycles. The van der Waals surface area contributed by atoms with Gasteiger partial charge in [-0.3, -0.25) is 14.5 Å². The van der Waals surface area contributed by atoms with E-state index >= 15 is 0 Å². The van der Waals surface area contributed by atoms with Crippen molar-refractivity contribution in [1.82, 2.24) is 0 Å². The highest BCUT2D eigenvalue weighted by atomic mass is 35.5. The number of para-hydroxylation sites is 1. The smallest absolute Gasteiger partial charge is 0.455 e. The minimum absolute atomic E-state index is 0.106. The molecule has 4 atom stereocenters. The van der Waals surface area contributed by atoms with Crippen molar-refractivity contribution in [3.8, 4) is 5.75 Å². The van der Waals surface area contributed by atoms with Gasteiger partial charge in [0.15, 0.2) is 0 Å². The third kappa shape index (κ3) is 5.33. The Morgan fingerprint density at radius 1 is 1.02 bits per heavy atom. The Labute approximate surface area is 251 Å². The van der Waals surface area contributed by atoms with E-state index in [4.69, 9.17) is 16.3 Å². The number of nitrogens with zero attached hydrogens (tertiary/aromatic N) is 1. The number of rotatable bonds is 7. The van der Waals surface area contributed by atoms with E-state index in [1.807, 2.05) is 54.6 Å². The largest absolute Gasteiger partial charge is 0.508 e. The molecule has 2 aliphatic heterocycles. The molecule has 0 bridgehead atoms. The monoisotopic (exact) mass is 581 g/mol. The van der Waals surface area contributed by atoms with Gasteiger partial charge < -0.3 is 14.8 Å². The molecular formula is C34H33BClNO5. The maximum Gasteiger partial charge on any atom is 0.455 e. The van der Waals surface area contributed by atoms with Crippen LogP contribution in [0.15, 0.2) is 90.0 Å². The molecule has 2 N–H and O–H groups in total. The number of phenols is 1. The number of benzene rings is 3. The van der Waals surface area contributed by atoms with Crippen LogP contribution in [0.25, 0.3) is 11.6 Å². The average molecular weight is 582 g/mol. The van der Waals surface area contributed by atoms with Gasteiger partial charge >= 0.3 is 7.12 Å². The molecule has 2 heterocycles. The Morgan fingerprint density at radius 2 is 1.74 bits per heavy atom. The average Bonchev–Trinajstić information content (AvgIpc) is 3.25. The van der Waals surface area contributed by atoms with E-state index in [1.54, 1.807) is 24.3 Å². The zero-order chi connectivity index (χ0) is 29.4. The molecule has 1 aliphatic carbocycles. The molecule has 6 nitrogen and oxygen atoms in total. The third-order valence-electron chi connectivity index (χ3n) is 8.88. The molecule has 0 unspecified atom stereocenters. The fraction of sp³-hybridized carbons (Fsp3) is 0.294. The number of aromatic hydroxyl groups is 1. The Bertz CT molecular complexity index is 1560. The number of allylic oxidation sites excluding steroid dienone is 2. The molecule has 214 valence electrons. The Kier molecular flexibility index (Phi) is 8.08. The molecule has 8 heteroatoms. The molecule has 2 amide bonds. The summed E-state index contributed by atoms with van der Waals surface area (Å²) in [7, 11) is -1.02. The van der Waals surface area contributed by atoms with Crippen molar-refractivity contribution in [3.05, 3.63) is 106 Å². The summed E-state index contributed by atoms with van der Waals surface area (Å²) in [5.41, 5.74) is 5.70. The van der Waals surface area contributed by atoms with E-state index in [0.717, 1.165) is 34.3 Å². The lowest BCUT2D eigenvalue weighted by molar-refractivity contribution is -0.122. The topological polar surface area (TPSA) is 87.1 Å². The van der Waals surface area contributed by atoms with Crippen molar-refractivity contribution in [2.75, 3.05) is 4.90 Å². The van der Waals surface area contributed by atoms with E-state index < -0.39 is 19.0 Å². The predicted molar refractivity (Wildman–Crippen MR) is 166 cm³/mol. The van der Waals surface area contributed by atoms with Crippen LogP contribution in [-0.2, 0) is 14.2 Å². The molecular weight excluding hydrogens is 549 g/mol. The second kappa shape index (κ2) is 11.9. The highest BCUT2D eigenvalue weighted by molar-refractivity contribution is 6.43. The standard InChI is InChI=1S/C34H33BClNO5/c1-2-21-18-27-32(34(40)37(33(27)39)25-11-7-4-8-12-25)28-20-35(41)42-30(31(21)28)16-14-23(22-9-5-3-6-10-22)17-24-13-15-26(38)19-29(24)36/h3-13,15,17,19,27-28,30,32,38,41H,2,14,16,18,20H2,1H3/b23-17-/t27-,28+,30-,32-/m1/s1. The molecule has 0 spiro atoms. The normalized spacial score (nSPS) is 24.2. The minimum Gasteiger partial charge on any atom is -0.508 e. The zero-order valence-corrected chi connectivity index (χ0v) is 24.2. The maximum absolute atomic E-state index is 13.8. The lowest BCUT2D eigenvalue weighted by Gasteiger charge is -2.43. The van der Waals surface area contributed by atoms with E-state index in [2.05, 4.69) is 6.92 Å². The number of hydrogen-bond acceptors (Lipinski definition) is 5. The Balaban J connectivity index is 1.32. The van der Waals surface area contributed by atoms with Crippen LogP contribution in [-0.4, -0.2) is 35.2 Å². The van der Waals surface area contributed by atoms with Crippen LogP contribution in [0.3, 0.4) is 0 Å². The number of phenolic OH excluding ortho intramolecular Hbond substituents is 1. The summed E-state index contributed by atoms with van der Waals surface area (Å²) >= 11 is 6.46. The number of halogens is 1. The fourth-order valence-electron chi connectivity index (χ4n) is 6.99. The molecule has 0 aromatic heterocycles. The van der Waals surface area contributed by atoms with E-state index in [9.17, 15) is 19.7 Å². The highest BCUT2D eigenvalue weighted by Gasteiger charge is 2.57. The molecule has 0 saturated carbocycles. The van der Waals surface area contributed by atoms with Crippen LogP contribution in [0.1, 0.15) is 43.7 Å². The van der Waals surface area contributed by atoms with Gasteiger partial charge in [-0.15, -0.1) is 0 Å². The number of amides is 2. The first kappa shape index (κ1) is 28.5. The van der Waals surface area contributed by atoms with Gasteiger partial charge in [0.2, 0.25) is 11.8 Å². The minimum atomic E-state index is -1.02. The first-order chi connectivity index (χ1) is 20.4. The second-order valence-electron chi connectivity index (χ2n) is 11.3. The summed E-state index contributed by atoms with van der Waals surface area (Å²) in [6.07, 6.45) is 4.43. The van der Waals surface area contributed by atoms with Gasteiger partial charge in [-0.05, 0) is 96.6 Å². The molecule has 42 heavy (non-hydrogen) atoms. The number of imide groups is 1. The van der Waals surface area contributed by atoms with Gasteiger partial charge in [-0.1, -0.05) is 72.6 Å². The van der Waals surface area contributed by atoms with Crippen molar-refractivity contribution in [1.29, 1.82) is 0 Å². The summed E-state index contributed by atoms with van der Waals surface area (Å²) in [5.74, 6) is -1.43. The molecule has 2 fully saturated rings. The van der Waals surface area contributed by atoms with Gasteiger partial charge in [0, 0.05) is 0 Å². The quantitative estimate of drug-likeness (QED) is 0.139. The lowest BCUT2D eigenvalue weighted by Crippen LogP contribution is -2.46. The first-order valence-corrected chi connectivity index (χ1v) is 15.0. The van der Waals surface area contributed by atoms with Gasteiger partial charge in [0.25, 0.3) is 0 Å². The van der Waals surface area contributed by atoms with Gasteiger partial charge in [-0.2, -0.15) is 0 Å². The van der Waals surface area contributed by atoms with Crippen LogP contribution >= 0.6 is 11.6 Å². The van der Waals surface area contributed by atoms with Gasteiger partial charge in [0.05, 0.1) is 28.6 Å². The SMILES string of the molecule is CCC1=C2[C@@H](CC/C(=C/c3ccc(O)cc3Cl)c3ccccc3)OB(O)C[C@@H]2[C@@H]2C(=O)N(c3ccccc3)C(=O)[C@@H]2C1. The molecule has 0 radical (unpaired) electrons. The maximum atomic E-state index is 13.8. The van der Waals surface area contributed by atoms with E-state index in [-0.39, 0.29) is 29.6 Å². The van der Waals surface area contributed by atoms with E-state index in [0.29, 0.717) is 36.3 Å². The Morgan fingerprint density at radius 3 is 2.43 bits per heavy atom. The summed E-state index contributed by atoms with van der Waals surface area (Å²) < 4.78 is 6.19. The Hall–Kier alpha value is -3.65. The predicted octanol–water partition coefficient (Wildman–Crippen LogP) is 6.78. The summed E-state index contributed by atoms with van der Waals surface area (Å²) in [6.45, 7) is 2.08. The van der Waals surface area contributed by atoms with Crippen molar-refractivity contribution in [2.45, 2.75) is 45.0 Å². The zero-order valence-electron chi connectivity index (χ0n) is 23.4. The molecule has 3 aromatic carbocycles. The fourth-order valence-corrected chi connectivity index (χ4v) is 7.22. The second-order valence-corrected chi connectivity index (χ2v) is 11.7. The number of anilines is 1. The summed E-state index contributed by atoms with van der Waals surface area (Å²) in [5, 5.41) is 21.2. The molecule has 6 rings (SSSR count). The van der Waals surface area contributed by atoms with Crippen LogP contribution in [0, 0.1) is 17.8 Å². The summed E-state index contributed by atoms with van der Waals surface area (Å²) in [4.78, 5) is 28.8. The number of hydrogen-bond donors (Lipinski definition) is 2. The number of fused-ring (bicyclic) bond motifs is 3. The van der Waals surface area contributed by atoms with Crippen LogP contribution in [0.5, 0.6) is 5.75 Å². The first-order valence-electron chi connectivity index (χ1n) is 14.6. The van der Waals surface area contributed by atoms with Crippen LogP contribution < -0.4 is 4.90 Å². The third-order valence-corrected chi connectivity index (χ3v) is 9.21. The highest BCUT2D eigenvalue weighted by Crippen LogP contribution is 2.52. The van der Waals surface area contributed by atoms with Gasteiger partial charge in [-0.25, -0.2) is 0 Å². The number of carbonyl (C=O) groups is 2. The van der Waals surface area contributed by atoms with Crippen LogP contribution in [0.2, 0.25) is 11.3 Å².